The second kappa shape index (κ2) is 6.34. The van der Waals surface area contributed by atoms with E-state index in [2.05, 4.69) is 10.5 Å². The Bertz CT molecular complexity index is 844. The smallest absolute Gasteiger partial charge is 0.373 e. The van der Waals surface area contributed by atoms with Gasteiger partial charge in [0.1, 0.15) is 11.5 Å². The summed E-state index contributed by atoms with van der Waals surface area (Å²) in [5.41, 5.74) is 0.330. The van der Waals surface area contributed by atoms with Gasteiger partial charge in [-0.15, -0.1) is 0 Å². The molecule has 0 spiro atoms. The Morgan fingerprint density at radius 1 is 1.19 bits per heavy atom. The first-order chi connectivity index (χ1) is 13.0. The number of halogens is 3. The van der Waals surface area contributed by atoms with Gasteiger partial charge in [-0.25, -0.2) is 0 Å². The van der Waals surface area contributed by atoms with Crippen molar-refractivity contribution in [2.75, 3.05) is 6.54 Å². The standard InChI is InChI=1S/C20H21F3N2O2/c21-20(22,23)16-4-2-1-3-14(16)18-15(19(27-25-18)11-5-6-11)10-26-17-8-13-7-12(17)9-24-13/h1-4,11-13,17,24H,5-10H2/t12-,13-,17+/m0/s1. The molecule has 1 aromatic carbocycles. The lowest BCUT2D eigenvalue weighted by molar-refractivity contribution is -0.137. The largest absolute Gasteiger partial charge is 0.417 e. The van der Waals surface area contributed by atoms with Gasteiger partial charge in [0.2, 0.25) is 0 Å². The molecule has 4 nitrogen and oxygen atoms in total. The number of benzene rings is 1. The maximum atomic E-state index is 13.5. The molecule has 5 rings (SSSR count). The molecule has 27 heavy (non-hydrogen) atoms. The van der Waals surface area contributed by atoms with Crippen LogP contribution in [-0.2, 0) is 17.5 Å². The van der Waals surface area contributed by atoms with E-state index in [1.54, 1.807) is 6.07 Å². The molecular weight excluding hydrogens is 357 g/mol. The second-order valence-corrected chi connectivity index (χ2v) is 7.88. The third kappa shape index (κ3) is 3.17. The van der Waals surface area contributed by atoms with Gasteiger partial charge in [0, 0.05) is 29.6 Å². The van der Waals surface area contributed by atoms with E-state index in [9.17, 15) is 13.2 Å². The van der Waals surface area contributed by atoms with Gasteiger partial charge in [-0.2, -0.15) is 13.2 Å². The van der Waals surface area contributed by atoms with Gasteiger partial charge >= 0.3 is 6.18 Å². The van der Waals surface area contributed by atoms with Crippen LogP contribution in [0.2, 0.25) is 0 Å². The summed E-state index contributed by atoms with van der Waals surface area (Å²) >= 11 is 0. The lowest BCUT2D eigenvalue weighted by atomic mass is 9.99. The zero-order valence-electron chi connectivity index (χ0n) is 14.8. The van der Waals surface area contributed by atoms with Crippen LogP contribution in [0, 0.1) is 5.92 Å². The predicted molar refractivity (Wildman–Crippen MR) is 92.0 cm³/mol. The highest BCUT2D eigenvalue weighted by atomic mass is 19.4. The normalized spacial score (nSPS) is 27.4. The van der Waals surface area contributed by atoms with E-state index in [-0.39, 0.29) is 29.9 Å². The van der Waals surface area contributed by atoms with Crippen LogP contribution in [0.4, 0.5) is 13.2 Å². The van der Waals surface area contributed by atoms with Gasteiger partial charge in [-0.05, 0) is 37.7 Å². The topological polar surface area (TPSA) is 47.3 Å². The molecule has 0 amide bonds. The molecule has 2 aliphatic carbocycles. The van der Waals surface area contributed by atoms with Crippen molar-refractivity contribution in [3.63, 3.8) is 0 Å². The minimum absolute atomic E-state index is 0.0638. The van der Waals surface area contributed by atoms with Crippen LogP contribution >= 0.6 is 0 Å². The second-order valence-electron chi connectivity index (χ2n) is 7.88. The summed E-state index contributed by atoms with van der Waals surface area (Å²) in [6.07, 6.45) is -0.231. The molecule has 2 aromatic rings. The number of alkyl halides is 3. The molecule has 7 heteroatoms. The summed E-state index contributed by atoms with van der Waals surface area (Å²) in [5.74, 6) is 1.44. The maximum absolute atomic E-state index is 13.5. The third-order valence-corrected chi connectivity index (χ3v) is 5.99. The fraction of sp³-hybridized carbons (Fsp3) is 0.550. The van der Waals surface area contributed by atoms with E-state index < -0.39 is 11.7 Å². The molecule has 0 radical (unpaired) electrons. The van der Waals surface area contributed by atoms with Gasteiger partial charge in [0.15, 0.2) is 0 Å². The SMILES string of the molecule is FC(F)(F)c1ccccc1-c1noc(C2CC2)c1CO[C@@H]1C[C@@H]2C[C@H]1CN2. The van der Waals surface area contributed by atoms with Crippen molar-refractivity contribution < 1.29 is 22.4 Å². The minimum Gasteiger partial charge on any atom is -0.373 e. The van der Waals surface area contributed by atoms with Gasteiger partial charge in [-0.1, -0.05) is 23.4 Å². The highest BCUT2D eigenvalue weighted by Crippen LogP contribution is 2.46. The van der Waals surface area contributed by atoms with E-state index in [1.165, 1.54) is 12.1 Å². The number of hydrogen-bond donors (Lipinski definition) is 1. The molecule has 1 N–H and O–H groups in total. The maximum Gasteiger partial charge on any atom is 0.417 e. The Hall–Kier alpha value is -1.86. The molecule has 3 aliphatic rings. The number of aromatic nitrogens is 1. The van der Waals surface area contributed by atoms with Crippen LogP contribution in [0.1, 0.15) is 48.5 Å². The minimum atomic E-state index is -4.44. The monoisotopic (exact) mass is 378 g/mol. The number of ether oxygens (including phenoxy) is 1. The zero-order chi connectivity index (χ0) is 18.6. The number of nitrogens with zero attached hydrogens (tertiary/aromatic N) is 1. The molecule has 1 aliphatic heterocycles. The average Bonchev–Trinajstić information content (AvgIpc) is 3.08. The van der Waals surface area contributed by atoms with Crippen molar-refractivity contribution in [1.82, 2.24) is 10.5 Å². The number of hydrogen-bond acceptors (Lipinski definition) is 4. The summed E-state index contributed by atoms with van der Waals surface area (Å²) in [6, 6.07) is 6.06. The molecule has 3 fully saturated rings. The number of nitrogens with one attached hydrogen (secondary N) is 1. The van der Waals surface area contributed by atoms with Gasteiger partial charge in [0.05, 0.1) is 18.3 Å². The zero-order valence-corrected chi connectivity index (χ0v) is 14.8. The summed E-state index contributed by atoms with van der Waals surface area (Å²) in [6.45, 7) is 1.21. The van der Waals surface area contributed by atoms with Gasteiger partial charge in [0.25, 0.3) is 0 Å². The van der Waals surface area contributed by atoms with Crippen molar-refractivity contribution in [1.29, 1.82) is 0 Å². The number of rotatable bonds is 5. The van der Waals surface area contributed by atoms with Crippen LogP contribution in [0.25, 0.3) is 11.3 Å². The van der Waals surface area contributed by atoms with Crippen LogP contribution in [0.15, 0.2) is 28.8 Å². The summed E-state index contributed by atoms with van der Waals surface area (Å²) in [5, 5.41) is 7.49. The summed E-state index contributed by atoms with van der Waals surface area (Å²) in [7, 11) is 0. The van der Waals surface area contributed by atoms with E-state index in [0.29, 0.717) is 23.3 Å². The molecule has 2 bridgehead atoms. The first-order valence-electron chi connectivity index (χ1n) is 9.50. The molecule has 3 atom stereocenters. The third-order valence-electron chi connectivity index (χ3n) is 5.99. The molecule has 0 unspecified atom stereocenters. The highest BCUT2D eigenvalue weighted by Gasteiger charge is 2.41. The Kier molecular flexibility index (Phi) is 4.05. The van der Waals surface area contributed by atoms with Crippen molar-refractivity contribution in [3.8, 4) is 11.3 Å². The fourth-order valence-electron chi connectivity index (χ4n) is 4.46. The van der Waals surface area contributed by atoms with E-state index in [4.69, 9.17) is 9.26 Å². The predicted octanol–water partition coefficient (Wildman–Crippen LogP) is 4.50. The summed E-state index contributed by atoms with van der Waals surface area (Å²) < 4.78 is 52.1. The van der Waals surface area contributed by atoms with Gasteiger partial charge in [-0.3, -0.25) is 0 Å². The lowest BCUT2D eigenvalue weighted by Gasteiger charge is -2.23. The average molecular weight is 378 g/mol. The Labute approximate surface area is 155 Å². The lowest BCUT2D eigenvalue weighted by Crippen LogP contribution is -2.34. The van der Waals surface area contributed by atoms with Gasteiger partial charge < -0.3 is 14.6 Å². The molecule has 1 saturated heterocycles. The quantitative estimate of drug-likeness (QED) is 0.832. The molecular formula is C20H21F3N2O2. The fourth-order valence-corrected chi connectivity index (χ4v) is 4.46. The van der Waals surface area contributed by atoms with Crippen LogP contribution < -0.4 is 5.32 Å². The van der Waals surface area contributed by atoms with Crippen molar-refractivity contribution in [2.45, 2.75) is 56.5 Å². The van der Waals surface area contributed by atoms with Crippen molar-refractivity contribution >= 4 is 0 Å². The number of fused-ring (bicyclic) bond motifs is 2. The van der Waals surface area contributed by atoms with E-state index in [0.717, 1.165) is 38.3 Å². The molecule has 2 saturated carbocycles. The Morgan fingerprint density at radius 2 is 2.00 bits per heavy atom. The van der Waals surface area contributed by atoms with Crippen molar-refractivity contribution in [2.24, 2.45) is 5.92 Å². The van der Waals surface area contributed by atoms with Crippen LogP contribution in [0.5, 0.6) is 0 Å². The first-order valence-corrected chi connectivity index (χ1v) is 9.50. The highest BCUT2D eigenvalue weighted by molar-refractivity contribution is 5.68. The Morgan fingerprint density at radius 3 is 2.67 bits per heavy atom. The molecule has 1 aromatic heterocycles. The molecule has 144 valence electrons. The van der Waals surface area contributed by atoms with Crippen LogP contribution in [0.3, 0.4) is 0 Å². The first kappa shape index (κ1) is 17.3. The van der Waals surface area contributed by atoms with Crippen molar-refractivity contribution in [3.05, 3.63) is 41.2 Å². The van der Waals surface area contributed by atoms with Crippen LogP contribution in [-0.4, -0.2) is 23.8 Å². The van der Waals surface area contributed by atoms with E-state index in [1.807, 2.05) is 0 Å². The Balaban J connectivity index is 1.47. The van der Waals surface area contributed by atoms with E-state index >= 15 is 0 Å². The molecule has 2 heterocycles. The number of piperidine rings is 1. The summed E-state index contributed by atoms with van der Waals surface area (Å²) in [4.78, 5) is 0.